The molecule has 0 aromatic heterocycles. The quantitative estimate of drug-likeness (QED) is 0.605. The van der Waals surface area contributed by atoms with Crippen LogP contribution in [0.5, 0.6) is 0 Å². The normalized spacial score (nSPS) is 21.6. The fourth-order valence-corrected chi connectivity index (χ4v) is 1.59. The average Bonchev–Trinajstić information content (AvgIpc) is 2.69. The molecule has 3 nitrogen and oxygen atoms in total. The number of rotatable bonds is 8. The van der Waals surface area contributed by atoms with Crippen LogP contribution in [0, 0.1) is 0 Å². The summed E-state index contributed by atoms with van der Waals surface area (Å²) in [5, 5.41) is 3.35. The van der Waals surface area contributed by atoms with Crippen LogP contribution in [0.25, 0.3) is 0 Å². The molecule has 1 unspecified atom stereocenters. The number of ether oxygens (including phenoxy) is 2. The molecule has 0 aromatic carbocycles. The van der Waals surface area contributed by atoms with E-state index in [9.17, 15) is 0 Å². The van der Waals surface area contributed by atoms with Crippen LogP contribution in [0.2, 0.25) is 0 Å². The molecule has 0 amide bonds. The second-order valence-corrected chi connectivity index (χ2v) is 3.81. The summed E-state index contributed by atoms with van der Waals surface area (Å²) in [6.45, 7) is 6.93. The van der Waals surface area contributed by atoms with Gasteiger partial charge in [-0.2, -0.15) is 0 Å². The molecule has 1 aliphatic heterocycles. The van der Waals surface area contributed by atoms with Crippen molar-refractivity contribution in [3.05, 3.63) is 0 Å². The monoisotopic (exact) mass is 201 g/mol. The van der Waals surface area contributed by atoms with Crippen LogP contribution in [0.3, 0.4) is 0 Å². The molecule has 1 atom stereocenters. The summed E-state index contributed by atoms with van der Waals surface area (Å²) in [5.41, 5.74) is 0. The van der Waals surface area contributed by atoms with E-state index >= 15 is 0 Å². The minimum atomic E-state index is 0.374. The summed E-state index contributed by atoms with van der Waals surface area (Å²) in [4.78, 5) is 0. The van der Waals surface area contributed by atoms with Gasteiger partial charge >= 0.3 is 0 Å². The summed E-state index contributed by atoms with van der Waals surface area (Å²) >= 11 is 0. The van der Waals surface area contributed by atoms with Crippen molar-refractivity contribution < 1.29 is 9.47 Å². The molecule has 0 saturated carbocycles. The molecule has 3 heteroatoms. The molecule has 0 radical (unpaired) electrons. The molecular formula is C11H23NO2. The van der Waals surface area contributed by atoms with Crippen molar-refractivity contribution in [2.45, 2.75) is 38.7 Å². The molecule has 1 N–H and O–H groups in total. The Bertz CT molecular complexity index is 124. The van der Waals surface area contributed by atoms with Gasteiger partial charge in [-0.15, -0.1) is 0 Å². The molecule has 14 heavy (non-hydrogen) atoms. The Morgan fingerprint density at radius 1 is 1.43 bits per heavy atom. The van der Waals surface area contributed by atoms with E-state index in [1.807, 2.05) is 0 Å². The van der Waals surface area contributed by atoms with Gasteiger partial charge in [0.15, 0.2) is 0 Å². The highest BCUT2D eigenvalue weighted by Crippen LogP contribution is 2.11. The maximum Gasteiger partial charge on any atom is 0.0809 e. The first kappa shape index (κ1) is 12.0. The lowest BCUT2D eigenvalue weighted by Gasteiger charge is -2.09. The lowest BCUT2D eigenvalue weighted by Crippen LogP contribution is -2.19. The molecule has 1 saturated heterocycles. The van der Waals surface area contributed by atoms with Crippen molar-refractivity contribution in [2.24, 2.45) is 0 Å². The van der Waals surface area contributed by atoms with E-state index < -0.39 is 0 Å². The summed E-state index contributed by atoms with van der Waals surface area (Å²) in [6, 6.07) is 0. The van der Waals surface area contributed by atoms with Gasteiger partial charge in [0, 0.05) is 13.2 Å². The first-order chi connectivity index (χ1) is 6.93. The lowest BCUT2D eigenvalue weighted by molar-refractivity contribution is 0.0166. The van der Waals surface area contributed by atoms with Gasteiger partial charge in [-0.25, -0.2) is 0 Å². The highest BCUT2D eigenvalue weighted by Gasteiger charge is 2.14. The predicted molar refractivity (Wildman–Crippen MR) is 57.6 cm³/mol. The SMILES string of the molecule is CCCNCCCOCC1CCCO1. The van der Waals surface area contributed by atoms with Crippen LogP contribution in [0.4, 0.5) is 0 Å². The van der Waals surface area contributed by atoms with Crippen LogP contribution in [0.1, 0.15) is 32.6 Å². The molecule has 1 aliphatic rings. The van der Waals surface area contributed by atoms with Crippen molar-refractivity contribution in [1.82, 2.24) is 5.32 Å². The topological polar surface area (TPSA) is 30.5 Å². The van der Waals surface area contributed by atoms with Gasteiger partial charge in [0.05, 0.1) is 12.7 Å². The Balaban J connectivity index is 1.75. The van der Waals surface area contributed by atoms with Gasteiger partial charge in [-0.1, -0.05) is 6.92 Å². The molecule has 0 aliphatic carbocycles. The first-order valence-electron chi connectivity index (χ1n) is 5.83. The Kier molecular flexibility index (Phi) is 7.01. The zero-order valence-electron chi connectivity index (χ0n) is 9.26. The van der Waals surface area contributed by atoms with Gasteiger partial charge in [0.1, 0.15) is 0 Å². The van der Waals surface area contributed by atoms with Crippen molar-refractivity contribution in [3.63, 3.8) is 0 Å². The predicted octanol–water partition coefficient (Wildman–Crippen LogP) is 1.57. The van der Waals surface area contributed by atoms with Crippen LogP contribution >= 0.6 is 0 Å². The largest absolute Gasteiger partial charge is 0.379 e. The van der Waals surface area contributed by atoms with Gasteiger partial charge in [0.2, 0.25) is 0 Å². The second-order valence-electron chi connectivity index (χ2n) is 3.81. The third-order valence-corrected chi connectivity index (χ3v) is 2.40. The third-order valence-electron chi connectivity index (χ3n) is 2.40. The highest BCUT2D eigenvalue weighted by molar-refractivity contribution is 4.63. The molecule has 84 valence electrons. The fourth-order valence-electron chi connectivity index (χ4n) is 1.59. The maximum absolute atomic E-state index is 5.53. The number of nitrogens with one attached hydrogen (secondary N) is 1. The van der Waals surface area contributed by atoms with Crippen LogP contribution in [0.15, 0.2) is 0 Å². The highest BCUT2D eigenvalue weighted by atomic mass is 16.5. The zero-order valence-corrected chi connectivity index (χ0v) is 9.26. The summed E-state index contributed by atoms with van der Waals surface area (Å²) in [7, 11) is 0. The second kappa shape index (κ2) is 8.21. The molecule has 0 bridgehead atoms. The van der Waals surface area contributed by atoms with E-state index in [4.69, 9.17) is 9.47 Å². The minimum absolute atomic E-state index is 0.374. The number of hydrogen-bond acceptors (Lipinski definition) is 3. The van der Waals surface area contributed by atoms with E-state index in [1.54, 1.807) is 0 Å². The van der Waals surface area contributed by atoms with Crippen LogP contribution in [-0.4, -0.2) is 39.0 Å². The fraction of sp³-hybridized carbons (Fsp3) is 1.00. The first-order valence-corrected chi connectivity index (χ1v) is 5.83. The van der Waals surface area contributed by atoms with E-state index in [1.165, 1.54) is 19.3 Å². The standard InChI is InChI=1S/C11H23NO2/c1-2-6-12-7-4-8-13-10-11-5-3-9-14-11/h11-12H,2-10H2,1H3. The van der Waals surface area contributed by atoms with Crippen molar-refractivity contribution >= 4 is 0 Å². The summed E-state index contributed by atoms with van der Waals surface area (Å²) < 4.78 is 11.0. The summed E-state index contributed by atoms with van der Waals surface area (Å²) in [5.74, 6) is 0. The molecule has 0 aromatic rings. The van der Waals surface area contributed by atoms with Gasteiger partial charge in [-0.05, 0) is 38.8 Å². The molecule has 1 fully saturated rings. The zero-order chi connectivity index (χ0) is 10.1. The van der Waals surface area contributed by atoms with Crippen molar-refractivity contribution in [2.75, 3.05) is 32.9 Å². The van der Waals surface area contributed by atoms with E-state index in [0.717, 1.165) is 39.3 Å². The van der Waals surface area contributed by atoms with Gasteiger partial charge in [0.25, 0.3) is 0 Å². The maximum atomic E-state index is 5.53. The Morgan fingerprint density at radius 2 is 2.36 bits per heavy atom. The Labute approximate surface area is 87.2 Å². The molecule has 1 rings (SSSR count). The van der Waals surface area contributed by atoms with E-state index in [2.05, 4.69) is 12.2 Å². The Hall–Kier alpha value is -0.120. The molecule has 0 spiro atoms. The third kappa shape index (κ3) is 5.58. The van der Waals surface area contributed by atoms with E-state index in [0.29, 0.717) is 6.10 Å². The van der Waals surface area contributed by atoms with Crippen molar-refractivity contribution in [1.29, 1.82) is 0 Å². The van der Waals surface area contributed by atoms with Gasteiger partial charge in [-0.3, -0.25) is 0 Å². The summed E-state index contributed by atoms with van der Waals surface area (Å²) in [6.07, 6.45) is 5.06. The number of hydrogen-bond donors (Lipinski definition) is 1. The van der Waals surface area contributed by atoms with E-state index in [-0.39, 0.29) is 0 Å². The lowest BCUT2D eigenvalue weighted by atomic mass is 10.2. The van der Waals surface area contributed by atoms with Crippen LogP contribution < -0.4 is 5.32 Å². The van der Waals surface area contributed by atoms with Gasteiger partial charge < -0.3 is 14.8 Å². The molecule has 1 heterocycles. The Morgan fingerprint density at radius 3 is 3.07 bits per heavy atom. The van der Waals surface area contributed by atoms with Crippen LogP contribution in [-0.2, 0) is 9.47 Å². The molecular weight excluding hydrogens is 178 g/mol. The van der Waals surface area contributed by atoms with Crippen molar-refractivity contribution in [3.8, 4) is 0 Å². The minimum Gasteiger partial charge on any atom is -0.379 e. The smallest absolute Gasteiger partial charge is 0.0809 e. The average molecular weight is 201 g/mol.